The van der Waals surface area contributed by atoms with Crippen molar-refractivity contribution in [3.05, 3.63) is 52.2 Å². The van der Waals surface area contributed by atoms with Gasteiger partial charge in [-0.1, -0.05) is 19.8 Å². The predicted molar refractivity (Wildman–Crippen MR) is 99.0 cm³/mol. The van der Waals surface area contributed by atoms with E-state index in [2.05, 4.69) is 15.0 Å². The van der Waals surface area contributed by atoms with E-state index in [9.17, 15) is 4.79 Å². The molecule has 7 nitrogen and oxygen atoms in total. The van der Waals surface area contributed by atoms with E-state index in [4.69, 9.17) is 10.1 Å². The zero-order chi connectivity index (χ0) is 17.9. The highest BCUT2D eigenvalue weighted by Crippen LogP contribution is 2.33. The second kappa shape index (κ2) is 7.27. The number of aromatic amines is 2. The van der Waals surface area contributed by atoms with Crippen LogP contribution in [0.1, 0.15) is 55.7 Å². The van der Waals surface area contributed by atoms with Crippen LogP contribution in [0.25, 0.3) is 11.4 Å². The lowest BCUT2D eigenvalue weighted by Crippen LogP contribution is -2.11. The number of hydrogen-bond acceptors (Lipinski definition) is 4. The van der Waals surface area contributed by atoms with Crippen molar-refractivity contribution < 1.29 is 0 Å². The number of nitrogens with one attached hydrogen (secondary N) is 2. The van der Waals surface area contributed by atoms with Gasteiger partial charge in [0.1, 0.15) is 0 Å². The predicted octanol–water partition coefficient (Wildman–Crippen LogP) is 2.82. The molecule has 0 radical (unpaired) electrons. The first-order valence-corrected chi connectivity index (χ1v) is 9.39. The lowest BCUT2D eigenvalue weighted by Gasteiger charge is -2.08. The van der Waals surface area contributed by atoms with Crippen LogP contribution in [-0.2, 0) is 19.4 Å². The number of aryl methyl sites for hydroxylation is 3. The van der Waals surface area contributed by atoms with E-state index < -0.39 is 0 Å². The van der Waals surface area contributed by atoms with Gasteiger partial charge in [0.15, 0.2) is 11.6 Å². The quantitative estimate of drug-likeness (QED) is 0.713. The van der Waals surface area contributed by atoms with Crippen LogP contribution in [0.4, 0.5) is 0 Å². The van der Waals surface area contributed by atoms with Crippen LogP contribution in [0.3, 0.4) is 0 Å². The first-order valence-electron chi connectivity index (χ1n) is 9.39. The molecule has 3 aromatic rings. The third kappa shape index (κ3) is 3.34. The molecule has 4 rings (SSSR count). The van der Waals surface area contributed by atoms with Crippen LogP contribution in [0.5, 0.6) is 0 Å². The highest BCUT2D eigenvalue weighted by molar-refractivity contribution is 5.58. The fourth-order valence-corrected chi connectivity index (χ4v) is 3.73. The smallest absolute Gasteiger partial charge is 0.248 e. The molecule has 2 N–H and O–H groups in total. The van der Waals surface area contributed by atoms with Crippen molar-refractivity contribution >= 4 is 0 Å². The summed E-state index contributed by atoms with van der Waals surface area (Å²) in [5.41, 5.74) is 2.87. The SMILES string of the molecule is CCc1[nH]c(=O)ccc1-c1nc(C2CCCC2)nn1CCc1cnc[nH]1. The first kappa shape index (κ1) is 16.8. The Kier molecular flexibility index (Phi) is 4.69. The molecule has 0 bridgehead atoms. The van der Waals surface area contributed by atoms with E-state index in [0.717, 1.165) is 60.8 Å². The van der Waals surface area contributed by atoms with Gasteiger partial charge in [-0.25, -0.2) is 14.6 Å². The molecule has 136 valence electrons. The van der Waals surface area contributed by atoms with Gasteiger partial charge < -0.3 is 9.97 Å². The molecule has 0 unspecified atom stereocenters. The largest absolute Gasteiger partial charge is 0.348 e. The summed E-state index contributed by atoms with van der Waals surface area (Å²) in [7, 11) is 0. The summed E-state index contributed by atoms with van der Waals surface area (Å²) in [6, 6.07) is 3.43. The van der Waals surface area contributed by atoms with Crippen molar-refractivity contribution in [1.29, 1.82) is 0 Å². The van der Waals surface area contributed by atoms with Crippen LogP contribution in [-0.4, -0.2) is 29.7 Å². The van der Waals surface area contributed by atoms with E-state index in [-0.39, 0.29) is 5.56 Å². The minimum absolute atomic E-state index is 0.0786. The van der Waals surface area contributed by atoms with E-state index in [1.165, 1.54) is 12.8 Å². The maximum absolute atomic E-state index is 11.7. The van der Waals surface area contributed by atoms with Crippen molar-refractivity contribution in [2.75, 3.05) is 0 Å². The maximum Gasteiger partial charge on any atom is 0.248 e. The Balaban J connectivity index is 1.72. The molecule has 1 fully saturated rings. The Morgan fingerprint density at radius 3 is 2.85 bits per heavy atom. The van der Waals surface area contributed by atoms with Crippen LogP contribution >= 0.6 is 0 Å². The van der Waals surface area contributed by atoms with Gasteiger partial charge in [0.25, 0.3) is 0 Å². The molecule has 0 saturated heterocycles. The number of rotatable bonds is 6. The van der Waals surface area contributed by atoms with Gasteiger partial charge >= 0.3 is 0 Å². The van der Waals surface area contributed by atoms with Gasteiger partial charge in [-0.3, -0.25) is 4.79 Å². The van der Waals surface area contributed by atoms with Crippen LogP contribution < -0.4 is 5.56 Å². The standard InChI is InChI=1S/C19H24N6O/c1-2-16-15(7-8-17(26)22-16)19-23-18(13-5-3-4-6-13)24-25(19)10-9-14-11-20-12-21-14/h7-8,11-13H,2-6,9-10H2,1H3,(H,20,21)(H,22,26). The molecule has 0 aliphatic heterocycles. The van der Waals surface area contributed by atoms with Crippen LogP contribution in [0.15, 0.2) is 29.5 Å². The summed E-state index contributed by atoms with van der Waals surface area (Å²) in [4.78, 5) is 26.8. The number of hydrogen-bond donors (Lipinski definition) is 2. The van der Waals surface area contributed by atoms with Crippen LogP contribution in [0, 0.1) is 0 Å². The monoisotopic (exact) mass is 352 g/mol. The molecule has 1 aliphatic carbocycles. The van der Waals surface area contributed by atoms with Crippen molar-refractivity contribution in [1.82, 2.24) is 29.7 Å². The second-order valence-corrected chi connectivity index (χ2v) is 6.89. The fourth-order valence-electron chi connectivity index (χ4n) is 3.73. The first-order chi connectivity index (χ1) is 12.7. The number of aromatic nitrogens is 6. The molecular weight excluding hydrogens is 328 g/mol. The highest BCUT2D eigenvalue weighted by Gasteiger charge is 2.24. The average Bonchev–Trinajstić information content (AvgIpc) is 3.40. The molecule has 1 aliphatic rings. The fraction of sp³-hybridized carbons (Fsp3) is 0.474. The van der Waals surface area contributed by atoms with Crippen molar-refractivity contribution in [2.45, 2.75) is 57.9 Å². The van der Waals surface area contributed by atoms with Crippen LogP contribution in [0.2, 0.25) is 0 Å². The number of nitrogens with zero attached hydrogens (tertiary/aromatic N) is 4. The molecule has 7 heteroatoms. The zero-order valence-corrected chi connectivity index (χ0v) is 15.0. The van der Waals surface area contributed by atoms with Gasteiger partial charge in [0.05, 0.1) is 6.33 Å². The minimum Gasteiger partial charge on any atom is -0.348 e. The average molecular weight is 352 g/mol. The van der Waals surface area contributed by atoms with Gasteiger partial charge in [-0.05, 0) is 25.3 Å². The molecule has 0 spiro atoms. The lowest BCUT2D eigenvalue weighted by molar-refractivity contribution is 0.585. The van der Waals surface area contributed by atoms with E-state index in [1.54, 1.807) is 12.4 Å². The van der Waals surface area contributed by atoms with Crippen molar-refractivity contribution in [3.63, 3.8) is 0 Å². The topological polar surface area (TPSA) is 92.2 Å². The summed E-state index contributed by atoms with van der Waals surface area (Å²) in [6.07, 6.45) is 9.92. The molecule has 3 aromatic heterocycles. The number of imidazole rings is 1. The number of H-pyrrole nitrogens is 2. The molecule has 0 amide bonds. The second-order valence-electron chi connectivity index (χ2n) is 6.89. The summed E-state index contributed by atoms with van der Waals surface area (Å²) in [5.74, 6) is 2.24. The van der Waals surface area contributed by atoms with Gasteiger partial charge in [0.2, 0.25) is 5.56 Å². The minimum atomic E-state index is -0.0786. The Hall–Kier alpha value is -2.70. The van der Waals surface area contributed by atoms with E-state index in [0.29, 0.717) is 5.92 Å². The molecule has 0 aromatic carbocycles. The molecule has 3 heterocycles. The normalized spacial score (nSPS) is 15.0. The zero-order valence-electron chi connectivity index (χ0n) is 15.0. The maximum atomic E-state index is 11.7. The third-order valence-corrected chi connectivity index (χ3v) is 5.15. The Bertz CT molecular complexity index is 918. The molecular formula is C19H24N6O. The van der Waals surface area contributed by atoms with E-state index in [1.807, 2.05) is 23.9 Å². The number of pyridine rings is 1. The van der Waals surface area contributed by atoms with E-state index >= 15 is 0 Å². The summed E-state index contributed by atoms with van der Waals surface area (Å²) < 4.78 is 1.99. The summed E-state index contributed by atoms with van der Waals surface area (Å²) in [6.45, 7) is 2.76. The Labute approximate surface area is 151 Å². The molecule has 26 heavy (non-hydrogen) atoms. The van der Waals surface area contributed by atoms with Gasteiger partial charge in [-0.15, -0.1) is 0 Å². The highest BCUT2D eigenvalue weighted by atomic mass is 16.1. The molecule has 1 saturated carbocycles. The van der Waals surface area contributed by atoms with Gasteiger partial charge in [-0.2, -0.15) is 5.10 Å². The summed E-state index contributed by atoms with van der Waals surface area (Å²) in [5, 5.41) is 4.85. The Morgan fingerprint density at radius 1 is 1.27 bits per heavy atom. The Morgan fingerprint density at radius 2 is 2.12 bits per heavy atom. The molecule has 0 atom stereocenters. The summed E-state index contributed by atoms with van der Waals surface area (Å²) >= 11 is 0. The third-order valence-electron chi connectivity index (χ3n) is 5.15. The lowest BCUT2D eigenvalue weighted by atomic mass is 10.1. The van der Waals surface area contributed by atoms with Crippen molar-refractivity contribution in [2.24, 2.45) is 0 Å². The van der Waals surface area contributed by atoms with Gasteiger partial charge in [0, 0.05) is 48.1 Å². The van der Waals surface area contributed by atoms with Crippen molar-refractivity contribution in [3.8, 4) is 11.4 Å².